The zero-order valence-corrected chi connectivity index (χ0v) is 11.9. The van der Waals surface area contributed by atoms with E-state index in [0.717, 1.165) is 11.1 Å². The topological polar surface area (TPSA) is 70.1 Å². The van der Waals surface area contributed by atoms with Gasteiger partial charge in [0.25, 0.3) is 5.91 Å². The van der Waals surface area contributed by atoms with E-state index in [0.29, 0.717) is 17.8 Å². The Morgan fingerprint density at radius 1 is 1.24 bits per heavy atom. The van der Waals surface area contributed by atoms with Crippen LogP contribution in [0.1, 0.15) is 21.5 Å². The fraction of sp³-hybridized carbons (Fsp3) is 0.176. The van der Waals surface area contributed by atoms with Crippen molar-refractivity contribution in [3.8, 4) is 6.07 Å². The molecule has 0 heterocycles. The van der Waals surface area contributed by atoms with Crippen LogP contribution in [-0.4, -0.2) is 17.4 Å². The molecule has 0 saturated carbocycles. The summed E-state index contributed by atoms with van der Waals surface area (Å²) in [4.78, 5) is 14.1. The van der Waals surface area contributed by atoms with Crippen LogP contribution in [-0.2, 0) is 6.54 Å². The molecule has 0 aliphatic carbocycles. The van der Waals surface area contributed by atoms with Crippen LogP contribution in [0.25, 0.3) is 0 Å². The largest absolute Gasteiger partial charge is 0.399 e. The number of carbonyl (C=O) groups is 1. The van der Waals surface area contributed by atoms with Crippen LogP contribution < -0.4 is 5.73 Å². The SMILES string of the molecule is Cc1cc(C(=O)N(CC#N)Cc2ccccc2)ccc1N. The van der Waals surface area contributed by atoms with E-state index in [4.69, 9.17) is 11.0 Å². The summed E-state index contributed by atoms with van der Waals surface area (Å²) in [7, 11) is 0. The molecule has 1 amide bonds. The number of rotatable bonds is 4. The Morgan fingerprint density at radius 3 is 2.57 bits per heavy atom. The lowest BCUT2D eigenvalue weighted by atomic mass is 10.1. The number of carbonyl (C=O) groups excluding carboxylic acids is 1. The maximum atomic E-state index is 12.5. The van der Waals surface area contributed by atoms with Gasteiger partial charge in [0.05, 0.1) is 6.07 Å². The molecule has 0 aliphatic heterocycles. The van der Waals surface area contributed by atoms with Crippen LogP contribution in [0.3, 0.4) is 0 Å². The molecular formula is C17H17N3O. The third kappa shape index (κ3) is 3.61. The van der Waals surface area contributed by atoms with Crippen LogP contribution in [0, 0.1) is 18.3 Å². The zero-order valence-electron chi connectivity index (χ0n) is 11.9. The van der Waals surface area contributed by atoms with Crippen molar-refractivity contribution in [3.05, 3.63) is 65.2 Å². The lowest BCUT2D eigenvalue weighted by molar-refractivity contribution is 0.0765. The first kappa shape index (κ1) is 14.6. The summed E-state index contributed by atoms with van der Waals surface area (Å²) >= 11 is 0. The number of nitrogens with two attached hydrogens (primary N) is 1. The van der Waals surface area contributed by atoms with Crippen molar-refractivity contribution in [2.24, 2.45) is 0 Å². The molecule has 0 bridgehead atoms. The number of nitrogen functional groups attached to an aromatic ring is 1. The number of benzene rings is 2. The molecule has 2 N–H and O–H groups in total. The summed E-state index contributed by atoms with van der Waals surface area (Å²) < 4.78 is 0. The number of nitriles is 1. The van der Waals surface area contributed by atoms with Gasteiger partial charge in [0.2, 0.25) is 0 Å². The van der Waals surface area contributed by atoms with Crippen LogP contribution >= 0.6 is 0 Å². The van der Waals surface area contributed by atoms with Gasteiger partial charge in [-0.3, -0.25) is 4.79 Å². The fourth-order valence-corrected chi connectivity index (χ4v) is 2.08. The summed E-state index contributed by atoms with van der Waals surface area (Å²) in [6.45, 7) is 2.33. The first-order valence-electron chi connectivity index (χ1n) is 6.68. The molecule has 21 heavy (non-hydrogen) atoms. The van der Waals surface area contributed by atoms with Gasteiger partial charge in [-0.2, -0.15) is 5.26 Å². The number of aryl methyl sites for hydroxylation is 1. The van der Waals surface area contributed by atoms with Crippen molar-refractivity contribution in [2.45, 2.75) is 13.5 Å². The van der Waals surface area contributed by atoms with E-state index < -0.39 is 0 Å². The molecule has 4 heteroatoms. The predicted octanol–water partition coefficient (Wildman–Crippen LogP) is 2.74. The third-order valence-electron chi connectivity index (χ3n) is 3.28. The number of hydrogen-bond acceptors (Lipinski definition) is 3. The lowest BCUT2D eigenvalue weighted by Gasteiger charge is -2.20. The normalized spacial score (nSPS) is 9.90. The molecule has 2 rings (SSSR count). The third-order valence-corrected chi connectivity index (χ3v) is 3.28. The standard InChI is InChI=1S/C17H17N3O/c1-13-11-15(7-8-16(13)19)17(21)20(10-9-18)12-14-5-3-2-4-6-14/h2-8,11H,10,12,19H2,1H3. The van der Waals surface area contributed by atoms with Crippen molar-refractivity contribution in [2.75, 3.05) is 12.3 Å². The highest BCUT2D eigenvalue weighted by atomic mass is 16.2. The number of nitrogens with zero attached hydrogens (tertiary/aromatic N) is 2. The van der Waals surface area contributed by atoms with Crippen LogP contribution in [0.4, 0.5) is 5.69 Å². The van der Waals surface area contributed by atoms with Gasteiger partial charge in [0.15, 0.2) is 0 Å². The molecule has 0 aliphatic rings. The van der Waals surface area contributed by atoms with Gasteiger partial charge < -0.3 is 10.6 Å². The molecule has 0 atom stereocenters. The number of anilines is 1. The van der Waals surface area contributed by atoms with Gasteiger partial charge in [0, 0.05) is 17.8 Å². The second-order valence-corrected chi connectivity index (χ2v) is 4.88. The fourth-order valence-electron chi connectivity index (χ4n) is 2.08. The molecule has 0 saturated heterocycles. The second kappa shape index (κ2) is 6.58. The number of amides is 1. The summed E-state index contributed by atoms with van der Waals surface area (Å²) in [5, 5.41) is 8.95. The lowest BCUT2D eigenvalue weighted by Crippen LogP contribution is -2.31. The molecule has 4 nitrogen and oxygen atoms in total. The monoisotopic (exact) mass is 279 g/mol. The van der Waals surface area contributed by atoms with Gasteiger partial charge in [0.1, 0.15) is 6.54 Å². The van der Waals surface area contributed by atoms with E-state index in [1.54, 1.807) is 18.2 Å². The highest BCUT2D eigenvalue weighted by molar-refractivity contribution is 5.95. The van der Waals surface area contributed by atoms with Gasteiger partial charge in [-0.05, 0) is 36.2 Å². The summed E-state index contributed by atoms with van der Waals surface area (Å²) in [6.07, 6.45) is 0. The minimum Gasteiger partial charge on any atom is -0.399 e. The minimum atomic E-state index is -0.163. The molecule has 0 spiro atoms. The van der Waals surface area contributed by atoms with E-state index in [1.807, 2.05) is 43.3 Å². The second-order valence-electron chi connectivity index (χ2n) is 4.88. The Hall–Kier alpha value is -2.80. The molecule has 0 radical (unpaired) electrons. The summed E-state index contributed by atoms with van der Waals surface area (Å²) in [5.41, 5.74) is 8.83. The van der Waals surface area contributed by atoms with E-state index in [2.05, 4.69) is 0 Å². The Kier molecular flexibility index (Phi) is 4.57. The van der Waals surface area contributed by atoms with Crippen LogP contribution in [0.2, 0.25) is 0 Å². The smallest absolute Gasteiger partial charge is 0.255 e. The van der Waals surface area contributed by atoms with Gasteiger partial charge >= 0.3 is 0 Å². The van der Waals surface area contributed by atoms with E-state index in [-0.39, 0.29) is 12.5 Å². The Balaban J connectivity index is 2.23. The molecular weight excluding hydrogens is 262 g/mol. The highest BCUT2D eigenvalue weighted by Gasteiger charge is 2.16. The molecule has 0 fully saturated rings. The Bertz CT molecular complexity index is 674. The Labute approximate surface area is 124 Å². The van der Waals surface area contributed by atoms with E-state index >= 15 is 0 Å². The van der Waals surface area contributed by atoms with E-state index in [9.17, 15) is 4.79 Å². The summed E-state index contributed by atoms with van der Waals surface area (Å²) in [6, 6.07) is 16.8. The molecule has 0 unspecified atom stereocenters. The molecule has 2 aromatic rings. The quantitative estimate of drug-likeness (QED) is 0.691. The highest BCUT2D eigenvalue weighted by Crippen LogP contribution is 2.15. The number of hydrogen-bond donors (Lipinski definition) is 1. The van der Waals surface area contributed by atoms with Gasteiger partial charge in [-0.25, -0.2) is 0 Å². The van der Waals surface area contributed by atoms with Crippen molar-refractivity contribution in [1.82, 2.24) is 4.90 Å². The van der Waals surface area contributed by atoms with Crippen molar-refractivity contribution in [3.63, 3.8) is 0 Å². The molecule has 2 aromatic carbocycles. The average molecular weight is 279 g/mol. The first-order valence-corrected chi connectivity index (χ1v) is 6.68. The predicted molar refractivity (Wildman–Crippen MR) is 82.4 cm³/mol. The molecule has 0 aromatic heterocycles. The molecule has 106 valence electrons. The maximum Gasteiger partial charge on any atom is 0.255 e. The van der Waals surface area contributed by atoms with Gasteiger partial charge in [-0.1, -0.05) is 30.3 Å². The minimum absolute atomic E-state index is 0.0527. The van der Waals surface area contributed by atoms with Crippen molar-refractivity contribution < 1.29 is 4.79 Å². The maximum absolute atomic E-state index is 12.5. The average Bonchev–Trinajstić information content (AvgIpc) is 2.50. The Morgan fingerprint density at radius 2 is 1.95 bits per heavy atom. The van der Waals surface area contributed by atoms with Gasteiger partial charge in [-0.15, -0.1) is 0 Å². The van der Waals surface area contributed by atoms with E-state index in [1.165, 1.54) is 4.90 Å². The van der Waals surface area contributed by atoms with Crippen molar-refractivity contribution >= 4 is 11.6 Å². The van der Waals surface area contributed by atoms with Crippen molar-refractivity contribution in [1.29, 1.82) is 5.26 Å². The summed E-state index contributed by atoms with van der Waals surface area (Å²) in [5.74, 6) is -0.163. The zero-order chi connectivity index (χ0) is 15.2. The van der Waals surface area contributed by atoms with Crippen LogP contribution in [0.15, 0.2) is 48.5 Å². The van der Waals surface area contributed by atoms with Crippen LogP contribution in [0.5, 0.6) is 0 Å². The first-order chi connectivity index (χ1) is 10.1.